The van der Waals surface area contributed by atoms with Crippen molar-refractivity contribution in [2.45, 2.75) is 39.8 Å². The summed E-state index contributed by atoms with van der Waals surface area (Å²) in [7, 11) is 0. The normalized spacial score (nSPS) is 16.1. The van der Waals surface area contributed by atoms with Crippen molar-refractivity contribution in [1.82, 2.24) is 9.55 Å². The van der Waals surface area contributed by atoms with Crippen LogP contribution >= 0.6 is 0 Å². The molecule has 0 saturated heterocycles. The molecule has 1 unspecified atom stereocenters. The molecule has 0 spiro atoms. The van der Waals surface area contributed by atoms with Gasteiger partial charge in [-0.05, 0) is 70.2 Å². The molecular weight excluding hydrogens is 498 g/mol. The Morgan fingerprint density at radius 1 is 0.925 bits per heavy atom. The summed E-state index contributed by atoms with van der Waals surface area (Å²) in [5.41, 5.74) is 5.67. The Balaban J connectivity index is 1.67. The van der Waals surface area contributed by atoms with Crippen LogP contribution < -0.4 is 9.64 Å². The smallest absolute Gasteiger partial charge is 0.341 e. The monoisotopic (exact) mass is 531 g/mol. The van der Waals surface area contributed by atoms with E-state index in [-0.39, 0.29) is 5.97 Å². The average Bonchev–Trinajstić information content (AvgIpc) is 3.45. The number of carbonyl (C=O) groups excluding carboxylic acids is 1. The SMILES string of the molecule is CCOc1cc(N(CC)c2ccccc2)ccc1C1(c2c(C)n(CC)c3ccccc23)OC(=O)c2cccnc21. The third kappa shape index (κ3) is 3.78. The molecule has 1 atom stereocenters. The number of esters is 1. The maximum Gasteiger partial charge on any atom is 0.341 e. The minimum Gasteiger partial charge on any atom is -0.493 e. The zero-order chi connectivity index (χ0) is 27.9. The Labute approximate surface area is 234 Å². The third-order valence-corrected chi connectivity index (χ3v) is 7.85. The van der Waals surface area contributed by atoms with Gasteiger partial charge < -0.3 is 18.9 Å². The van der Waals surface area contributed by atoms with Gasteiger partial charge in [-0.3, -0.25) is 4.98 Å². The van der Waals surface area contributed by atoms with Crippen LogP contribution in [0.1, 0.15) is 53.6 Å². The fourth-order valence-electron chi connectivity index (χ4n) is 6.23. The van der Waals surface area contributed by atoms with Crippen molar-refractivity contribution in [2.75, 3.05) is 18.1 Å². The molecule has 6 rings (SSSR count). The zero-order valence-corrected chi connectivity index (χ0v) is 23.3. The number of para-hydroxylation sites is 2. The summed E-state index contributed by atoms with van der Waals surface area (Å²) in [6.45, 7) is 10.4. The summed E-state index contributed by atoms with van der Waals surface area (Å²) >= 11 is 0. The number of nitrogens with zero attached hydrogens (tertiary/aromatic N) is 3. The topological polar surface area (TPSA) is 56.6 Å². The Kier molecular flexibility index (Phi) is 6.54. The number of rotatable bonds is 8. The van der Waals surface area contributed by atoms with Gasteiger partial charge >= 0.3 is 5.97 Å². The summed E-state index contributed by atoms with van der Waals surface area (Å²) in [5.74, 6) is 0.273. The van der Waals surface area contributed by atoms with Crippen molar-refractivity contribution in [2.24, 2.45) is 0 Å². The Bertz CT molecular complexity index is 1710. The predicted octanol–water partition coefficient (Wildman–Crippen LogP) is 7.38. The van der Waals surface area contributed by atoms with Gasteiger partial charge in [-0.25, -0.2) is 4.79 Å². The molecule has 0 saturated carbocycles. The molecule has 3 aromatic carbocycles. The maximum atomic E-state index is 13.5. The molecule has 0 bridgehead atoms. The van der Waals surface area contributed by atoms with Crippen LogP contribution in [0.2, 0.25) is 0 Å². The number of pyridine rings is 1. The molecule has 0 radical (unpaired) electrons. The molecular formula is C34H33N3O3. The van der Waals surface area contributed by atoms with Gasteiger partial charge in [-0.15, -0.1) is 0 Å². The van der Waals surface area contributed by atoms with E-state index in [0.717, 1.165) is 52.2 Å². The summed E-state index contributed by atoms with van der Waals surface area (Å²) in [5, 5.41) is 1.03. The molecule has 6 heteroatoms. The van der Waals surface area contributed by atoms with Crippen LogP contribution in [0.4, 0.5) is 11.4 Å². The van der Waals surface area contributed by atoms with Gasteiger partial charge in [0.15, 0.2) is 0 Å². The number of carbonyl (C=O) groups is 1. The van der Waals surface area contributed by atoms with Crippen LogP contribution in [0.3, 0.4) is 0 Å². The van der Waals surface area contributed by atoms with Gasteiger partial charge in [0.25, 0.3) is 0 Å². The van der Waals surface area contributed by atoms with E-state index < -0.39 is 5.60 Å². The molecule has 1 aliphatic rings. The van der Waals surface area contributed by atoms with Crippen LogP contribution in [0, 0.1) is 6.92 Å². The van der Waals surface area contributed by atoms with E-state index in [1.807, 2.05) is 43.3 Å². The van der Waals surface area contributed by atoms with Gasteiger partial charge in [0, 0.05) is 64.5 Å². The molecule has 5 aromatic rings. The highest BCUT2D eigenvalue weighted by Crippen LogP contribution is 2.53. The number of cyclic esters (lactones) is 1. The summed E-state index contributed by atoms with van der Waals surface area (Å²) in [6, 6.07) is 28.3. The highest BCUT2D eigenvalue weighted by Gasteiger charge is 2.54. The molecule has 1 aliphatic heterocycles. The highest BCUT2D eigenvalue weighted by atomic mass is 16.6. The quantitative estimate of drug-likeness (QED) is 0.196. The molecule has 2 aromatic heterocycles. The molecule has 6 nitrogen and oxygen atoms in total. The number of benzene rings is 3. The van der Waals surface area contributed by atoms with E-state index in [2.05, 4.69) is 66.6 Å². The van der Waals surface area contributed by atoms with Gasteiger partial charge in [0.2, 0.25) is 5.60 Å². The van der Waals surface area contributed by atoms with E-state index in [4.69, 9.17) is 14.5 Å². The fraction of sp³-hybridized carbons (Fsp3) is 0.235. The molecule has 0 amide bonds. The Morgan fingerprint density at radius 2 is 1.70 bits per heavy atom. The van der Waals surface area contributed by atoms with Crippen molar-refractivity contribution in [3.63, 3.8) is 0 Å². The largest absolute Gasteiger partial charge is 0.493 e. The van der Waals surface area contributed by atoms with Gasteiger partial charge in [-0.2, -0.15) is 0 Å². The lowest BCUT2D eigenvalue weighted by molar-refractivity contribution is 0.0238. The van der Waals surface area contributed by atoms with Crippen LogP contribution in [-0.2, 0) is 16.9 Å². The van der Waals surface area contributed by atoms with E-state index in [1.165, 1.54) is 0 Å². The lowest BCUT2D eigenvalue weighted by Crippen LogP contribution is -2.32. The van der Waals surface area contributed by atoms with Crippen LogP contribution in [-0.4, -0.2) is 28.7 Å². The average molecular weight is 532 g/mol. The van der Waals surface area contributed by atoms with Crippen LogP contribution in [0.25, 0.3) is 10.9 Å². The second-order valence-corrected chi connectivity index (χ2v) is 9.89. The molecule has 40 heavy (non-hydrogen) atoms. The summed E-state index contributed by atoms with van der Waals surface area (Å²) in [6.07, 6.45) is 1.73. The fourth-order valence-corrected chi connectivity index (χ4v) is 6.23. The van der Waals surface area contributed by atoms with Crippen molar-refractivity contribution >= 4 is 28.2 Å². The Hall–Kier alpha value is -4.58. The number of aryl methyl sites for hydroxylation is 1. The first-order chi connectivity index (χ1) is 19.5. The zero-order valence-electron chi connectivity index (χ0n) is 23.3. The second kappa shape index (κ2) is 10.2. The maximum absolute atomic E-state index is 13.5. The number of hydrogen-bond donors (Lipinski definition) is 0. The lowest BCUT2D eigenvalue weighted by atomic mass is 9.80. The number of ether oxygens (including phenoxy) is 2. The van der Waals surface area contributed by atoms with Crippen molar-refractivity contribution in [3.8, 4) is 5.75 Å². The van der Waals surface area contributed by atoms with E-state index in [1.54, 1.807) is 18.3 Å². The Morgan fingerprint density at radius 3 is 2.45 bits per heavy atom. The second-order valence-electron chi connectivity index (χ2n) is 9.89. The van der Waals surface area contributed by atoms with Gasteiger partial charge in [0.05, 0.1) is 12.2 Å². The van der Waals surface area contributed by atoms with Crippen LogP contribution in [0.5, 0.6) is 5.75 Å². The molecule has 3 heterocycles. The first kappa shape index (κ1) is 25.7. The number of fused-ring (bicyclic) bond motifs is 2. The summed E-state index contributed by atoms with van der Waals surface area (Å²) < 4.78 is 15.1. The first-order valence-electron chi connectivity index (χ1n) is 13.9. The van der Waals surface area contributed by atoms with E-state index in [9.17, 15) is 4.79 Å². The number of anilines is 2. The van der Waals surface area contributed by atoms with Crippen molar-refractivity contribution < 1.29 is 14.3 Å². The minimum absolute atomic E-state index is 0.387. The minimum atomic E-state index is -1.27. The lowest BCUT2D eigenvalue weighted by Gasteiger charge is -2.32. The van der Waals surface area contributed by atoms with Gasteiger partial charge in [0.1, 0.15) is 11.4 Å². The number of aromatic nitrogens is 2. The molecule has 0 fully saturated rings. The highest BCUT2D eigenvalue weighted by molar-refractivity contribution is 5.98. The van der Waals surface area contributed by atoms with Crippen molar-refractivity contribution in [1.29, 1.82) is 0 Å². The molecule has 0 N–H and O–H groups in total. The molecule has 202 valence electrons. The third-order valence-electron chi connectivity index (χ3n) is 7.85. The standard InChI is InChI=1S/C34H33N3O3/c1-5-36-23(4)31(26-16-11-12-18-29(26)36)34(32-27(33(38)40-34)17-13-21-35-32)28-20-19-25(22-30(28)39-7-3)37(6-2)24-14-9-8-10-15-24/h8-22H,5-7H2,1-4H3. The number of hydrogen-bond acceptors (Lipinski definition) is 5. The molecule has 0 aliphatic carbocycles. The summed E-state index contributed by atoms with van der Waals surface area (Å²) in [4.78, 5) is 20.5. The first-order valence-corrected chi connectivity index (χ1v) is 13.9. The van der Waals surface area contributed by atoms with E-state index >= 15 is 0 Å². The van der Waals surface area contributed by atoms with Gasteiger partial charge in [-0.1, -0.05) is 36.4 Å². The van der Waals surface area contributed by atoms with E-state index in [0.29, 0.717) is 23.6 Å². The van der Waals surface area contributed by atoms with Crippen molar-refractivity contribution in [3.05, 3.63) is 119 Å². The van der Waals surface area contributed by atoms with Crippen LogP contribution in [0.15, 0.2) is 91.1 Å². The predicted molar refractivity (Wildman–Crippen MR) is 159 cm³/mol.